The van der Waals surface area contributed by atoms with E-state index in [1.54, 1.807) is 0 Å². The van der Waals surface area contributed by atoms with Crippen LogP contribution in [0, 0.1) is 0 Å². The van der Waals surface area contributed by atoms with Crippen LogP contribution < -0.4 is 0 Å². The Hall–Kier alpha value is -5.76. The van der Waals surface area contributed by atoms with Crippen LogP contribution in [0.1, 0.15) is 435 Å². The smallest absolute Gasteiger partial charge is 0.306 e. The van der Waals surface area contributed by atoms with Gasteiger partial charge in [0, 0.05) is 25.7 Å². The summed E-state index contributed by atoms with van der Waals surface area (Å²) in [7, 11) is 0. The average Bonchev–Trinajstić information content (AvgIpc) is 1.01. The highest BCUT2D eigenvalue weighted by Crippen LogP contribution is 2.19. The molecule has 4 aromatic carbocycles. The molecule has 0 radical (unpaired) electrons. The molecule has 4 rings (SSSR count). The van der Waals surface area contributed by atoms with Gasteiger partial charge in [-0.05, 0) is 99.3 Å². The molecule has 0 aliphatic carbocycles. The van der Waals surface area contributed by atoms with E-state index in [1.165, 1.54) is 308 Å². The van der Waals surface area contributed by atoms with Crippen molar-refractivity contribution in [3.63, 3.8) is 0 Å². The van der Waals surface area contributed by atoms with Crippen molar-refractivity contribution in [1.29, 1.82) is 0 Å². The zero-order chi connectivity index (χ0) is 77.7. The summed E-state index contributed by atoms with van der Waals surface area (Å²) in [5.74, 6) is -0.268. The molecule has 0 aromatic heterocycles. The Balaban J connectivity index is 0.000000720. The minimum atomic E-state index is -0.0727. The van der Waals surface area contributed by atoms with Crippen molar-refractivity contribution in [2.75, 3.05) is 0 Å². The van der Waals surface area contributed by atoms with Crippen molar-refractivity contribution in [2.45, 2.75) is 439 Å². The molecule has 0 unspecified atom stereocenters. The van der Waals surface area contributed by atoms with Crippen LogP contribution >= 0.6 is 0 Å². The predicted molar refractivity (Wildman–Crippen MR) is 463 cm³/mol. The summed E-state index contributed by atoms with van der Waals surface area (Å²) in [6.45, 7) is 10.7. The van der Waals surface area contributed by atoms with E-state index in [0.717, 1.165) is 73.6 Å². The zero-order valence-corrected chi connectivity index (χ0v) is 70.4. The summed E-state index contributed by atoms with van der Waals surface area (Å²) in [5, 5.41) is 0. The van der Waals surface area contributed by atoms with Gasteiger partial charge in [0.2, 0.25) is 0 Å². The molecule has 0 N–H and O–H groups in total. The second-order valence-electron chi connectivity index (χ2n) is 30.7. The molecule has 0 saturated carbocycles. The van der Waals surface area contributed by atoms with Gasteiger partial charge in [0.15, 0.2) is 0 Å². The third-order valence-corrected chi connectivity index (χ3v) is 20.2. The van der Waals surface area contributed by atoms with Crippen molar-refractivity contribution in [3.8, 4) is 0 Å². The highest BCUT2D eigenvalue weighted by atomic mass is 16.5. The number of hydrogen-bond acceptors (Lipinski definition) is 8. The fourth-order valence-corrected chi connectivity index (χ4v) is 13.2. The monoisotopic (exact) mass is 1490 g/mol. The fraction of sp³-hybridized carbons (Fsp3) is 0.680. The van der Waals surface area contributed by atoms with E-state index < -0.39 is 0 Å². The van der Waals surface area contributed by atoms with E-state index in [4.69, 9.17) is 18.9 Å². The van der Waals surface area contributed by atoms with E-state index in [-0.39, 0.29) is 23.9 Å². The van der Waals surface area contributed by atoms with Crippen LogP contribution in [0.15, 0.2) is 146 Å². The fourth-order valence-electron chi connectivity index (χ4n) is 13.2. The van der Waals surface area contributed by atoms with Gasteiger partial charge in [0.25, 0.3) is 0 Å². The van der Waals surface area contributed by atoms with Gasteiger partial charge in [-0.3, -0.25) is 19.2 Å². The number of unbranched alkanes of at least 4 members (excludes halogenated alkanes) is 50. The Morgan fingerprint density at radius 1 is 0.194 bits per heavy atom. The average molecular weight is 1490 g/mol. The van der Waals surface area contributed by atoms with E-state index in [9.17, 15) is 19.2 Å². The lowest BCUT2D eigenvalue weighted by atomic mass is 10.0. The number of benzene rings is 4. The van der Waals surface area contributed by atoms with Gasteiger partial charge in [-0.2, -0.15) is 0 Å². The van der Waals surface area contributed by atoms with Gasteiger partial charge in [-0.1, -0.05) is 456 Å². The van der Waals surface area contributed by atoms with Gasteiger partial charge in [0.1, 0.15) is 26.4 Å². The highest BCUT2D eigenvalue weighted by Gasteiger charge is 2.08. The molecule has 0 heterocycles. The molecule has 0 saturated heterocycles. The summed E-state index contributed by atoms with van der Waals surface area (Å²) in [4.78, 5) is 46.9. The summed E-state index contributed by atoms with van der Waals surface area (Å²) < 4.78 is 21.2. The maximum absolute atomic E-state index is 11.7. The van der Waals surface area contributed by atoms with Crippen LogP contribution in [0.3, 0.4) is 0 Å². The van der Waals surface area contributed by atoms with Crippen LogP contribution in [0.2, 0.25) is 0 Å². The second-order valence-corrected chi connectivity index (χ2v) is 30.7. The molecular weight excluding hydrogens is 1330 g/mol. The molecule has 108 heavy (non-hydrogen) atoms. The molecule has 0 fully saturated rings. The molecule has 4 aromatic rings. The normalized spacial score (nSPS) is 11.0. The van der Waals surface area contributed by atoms with E-state index in [1.807, 2.05) is 121 Å². The number of rotatable bonds is 70. The number of allylic oxidation sites excluding steroid dienone is 4. The summed E-state index contributed by atoms with van der Waals surface area (Å²) in [6, 6.07) is 39.5. The van der Waals surface area contributed by atoms with Crippen molar-refractivity contribution < 1.29 is 38.1 Å². The molecule has 0 bridgehead atoms. The number of carbonyl (C=O) groups is 4. The number of hydrogen-bond donors (Lipinski definition) is 0. The van der Waals surface area contributed by atoms with Crippen LogP contribution in [0.5, 0.6) is 0 Å². The van der Waals surface area contributed by atoms with Crippen molar-refractivity contribution in [2.24, 2.45) is 0 Å². The topological polar surface area (TPSA) is 105 Å². The van der Waals surface area contributed by atoms with Gasteiger partial charge in [-0.15, -0.1) is 0 Å². The van der Waals surface area contributed by atoms with Crippen molar-refractivity contribution in [3.05, 3.63) is 168 Å². The maximum Gasteiger partial charge on any atom is 0.306 e. The lowest BCUT2D eigenvalue weighted by Gasteiger charge is -2.05. The van der Waals surface area contributed by atoms with Crippen LogP contribution in [-0.4, -0.2) is 23.9 Å². The zero-order valence-electron chi connectivity index (χ0n) is 70.4. The first kappa shape index (κ1) is 100. The largest absolute Gasteiger partial charge is 0.461 e. The first-order valence-electron chi connectivity index (χ1n) is 45.4. The van der Waals surface area contributed by atoms with E-state index in [0.29, 0.717) is 52.1 Å². The third-order valence-electron chi connectivity index (χ3n) is 20.2. The number of ether oxygens (including phenoxy) is 4. The van der Waals surface area contributed by atoms with Crippen LogP contribution in [0.25, 0.3) is 0 Å². The molecule has 612 valence electrons. The quantitative estimate of drug-likeness (QED) is 0.0186. The van der Waals surface area contributed by atoms with Gasteiger partial charge in [0.05, 0.1) is 0 Å². The Kier molecular flexibility index (Phi) is 77.7. The van der Waals surface area contributed by atoms with Gasteiger partial charge < -0.3 is 18.9 Å². The van der Waals surface area contributed by atoms with E-state index in [2.05, 4.69) is 52.0 Å². The van der Waals surface area contributed by atoms with Crippen LogP contribution in [-0.2, 0) is 64.6 Å². The standard InChI is InChI=1S/2C25H42O2.2C25H40O2/c4*1-2-3-4-5-6-7-8-9-10-11-12-13-14-15-19-22-25(26)27-23-24-20-17-16-18-21-24/h2*16-18,20-21H,2-15,19,22-23H2,1H3;2*9-10,16-18,20-21H,2-8,11-15,19,22-23H2,1H3/b;;2*10-9-. The minimum absolute atomic E-state index is 0.0615. The molecule has 0 atom stereocenters. The second kappa shape index (κ2) is 83.7. The van der Waals surface area contributed by atoms with E-state index >= 15 is 0 Å². The Bertz CT molecular complexity index is 2370. The van der Waals surface area contributed by atoms with Gasteiger partial charge in [-0.25, -0.2) is 0 Å². The first-order chi connectivity index (χ1) is 53.3. The SMILES string of the molecule is CCCCCCCC/C=C\CCCCCCCC(=O)OCc1ccccc1.CCCCCCCC/C=C\CCCCCCCC(=O)OCc1ccccc1.CCCCCCCCCCCCCCCCCC(=O)OCc1ccccc1.CCCCCCCCCCCCCCCCCC(=O)OCc1ccccc1. The summed E-state index contributed by atoms with van der Waals surface area (Å²) >= 11 is 0. The van der Waals surface area contributed by atoms with Crippen LogP contribution in [0.4, 0.5) is 0 Å². The first-order valence-corrected chi connectivity index (χ1v) is 45.4. The molecule has 8 heteroatoms. The Labute approximate surface area is 665 Å². The predicted octanol–water partition coefficient (Wildman–Crippen LogP) is 31.5. The molecule has 8 nitrogen and oxygen atoms in total. The maximum atomic E-state index is 11.7. The third kappa shape index (κ3) is 75.6. The van der Waals surface area contributed by atoms with Crippen molar-refractivity contribution >= 4 is 23.9 Å². The Morgan fingerprint density at radius 3 is 0.491 bits per heavy atom. The highest BCUT2D eigenvalue weighted by molar-refractivity contribution is 5.70. The molecule has 0 aliphatic heterocycles. The molecular formula is C100H164O8. The number of carbonyl (C=O) groups excluding carboxylic acids is 4. The number of esters is 4. The van der Waals surface area contributed by atoms with Crippen molar-refractivity contribution in [1.82, 2.24) is 0 Å². The summed E-state index contributed by atoms with van der Waals surface area (Å²) in [6.07, 6.45) is 85.1. The minimum Gasteiger partial charge on any atom is -0.461 e. The van der Waals surface area contributed by atoms with Gasteiger partial charge >= 0.3 is 23.9 Å². The lowest BCUT2D eigenvalue weighted by Crippen LogP contribution is -2.04. The molecule has 0 amide bonds. The lowest BCUT2D eigenvalue weighted by molar-refractivity contribution is -0.146. The molecule has 0 aliphatic rings. The summed E-state index contributed by atoms with van der Waals surface area (Å²) in [5.41, 5.74) is 4.22. The molecule has 0 spiro atoms. The Morgan fingerprint density at radius 2 is 0.333 bits per heavy atom.